The molecule has 0 radical (unpaired) electrons. The van der Waals surface area contributed by atoms with E-state index in [1.54, 1.807) is 17.0 Å². The van der Waals surface area contributed by atoms with E-state index in [-0.39, 0.29) is 6.09 Å². The van der Waals surface area contributed by atoms with Crippen LogP contribution < -0.4 is 9.62 Å². The highest BCUT2D eigenvalue weighted by molar-refractivity contribution is 7.92. The molecule has 8 heteroatoms. The summed E-state index contributed by atoms with van der Waals surface area (Å²) >= 11 is 0. The fraction of sp³-hybridized carbons (Fsp3) is 0.562. The summed E-state index contributed by atoms with van der Waals surface area (Å²) in [6.45, 7) is 8.02. The van der Waals surface area contributed by atoms with Crippen LogP contribution >= 0.6 is 0 Å². The highest BCUT2D eigenvalue weighted by Gasteiger charge is 2.26. The number of benzene rings is 1. The molecular weight excluding hydrogens is 330 g/mol. The topological polar surface area (TPSA) is 79.0 Å². The van der Waals surface area contributed by atoms with Crippen LogP contribution in [0, 0.1) is 0 Å². The van der Waals surface area contributed by atoms with E-state index >= 15 is 0 Å². The van der Waals surface area contributed by atoms with E-state index in [9.17, 15) is 13.2 Å². The van der Waals surface area contributed by atoms with Gasteiger partial charge in [0.2, 0.25) is 10.0 Å². The summed E-state index contributed by atoms with van der Waals surface area (Å²) in [4.78, 5) is 15.9. The Kier molecular flexibility index (Phi) is 5.27. The predicted octanol–water partition coefficient (Wildman–Crippen LogP) is 2.12. The van der Waals surface area contributed by atoms with E-state index in [4.69, 9.17) is 4.74 Å². The van der Waals surface area contributed by atoms with Gasteiger partial charge in [0.05, 0.1) is 11.9 Å². The van der Waals surface area contributed by atoms with Gasteiger partial charge in [-0.25, -0.2) is 13.2 Å². The van der Waals surface area contributed by atoms with Gasteiger partial charge in [-0.3, -0.25) is 4.72 Å². The Hall–Kier alpha value is -1.96. The number of carbonyl (C=O) groups is 1. The highest BCUT2D eigenvalue weighted by Crippen LogP contribution is 2.22. The first-order valence-corrected chi connectivity index (χ1v) is 9.73. The second-order valence-corrected chi connectivity index (χ2v) is 8.63. The minimum atomic E-state index is -3.30. The molecule has 1 saturated heterocycles. The molecule has 0 aliphatic carbocycles. The number of anilines is 2. The lowest BCUT2D eigenvalue weighted by atomic mass is 10.2. The van der Waals surface area contributed by atoms with Gasteiger partial charge >= 0.3 is 6.09 Å². The van der Waals surface area contributed by atoms with Crippen LogP contribution in [0.3, 0.4) is 0 Å². The Balaban J connectivity index is 1.97. The van der Waals surface area contributed by atoms with Crippen molar-refractivity contribution in [1.29, 1.82) is 0 Å². The summed E-state index contributed by atoms with van der Waals surface area (Å²) in [6.07, 6.45) is 0.828. The van der Waals surface area contributed by atoms with Crippen LogP contribution in [0.5, 0.6) is 0 Å². The molecule has 0 spiro atoms. The Morgan fingerprint density at radius 2 is 1.79 bits per heavy atom. The first kappa shape index (κ1) is 18.4. The second-order valence-electron chi connectivity index (χ2n) is 6.88. The third kappa shape index (κ3) is 5.59. The van der Waals surface area contributed by atoms with Crippen molar-refractivity contribution in [3.05, 3.63) is 24.3 Å². The number of rotatable bonds is 3. The zero-order valence-corrected chi connectivity index (χ0v) is 15.4. The van der Waals surface area contributed by atoms with E-state index < -0.39 is 15.6 Å². The first-order chi connectivity index (χ1) is 11.0. The Bertz CT molecular complexity index is 690. The SMILES string of the molecule is CC(C)(C)OC(=O)N1CCN(c2cccc(NS(C)(=O)=O)c2)CC1. The van der Waals surface area contributed by atoms with Gasteiger partial charge in [0.25, 0.3) is 0 Å². The van der Waals surface area contributed by atoms with Crippen LogP contribution in [-0.2, 0) is 14.8 Å². The smallest absolute Gasteiger partial charge is 0.410 e. The van der Waals surface area contributed by atoms with Crippen LogP contribution in [0.2, 0.25) is 0 Å². The van der Waals surface area contributed by atoms with Crippen molar-refractivity contribution >= 4 is 27.5 Å². The Morgan fingerprint density at radius 3 is 2.33 bits per heavy atom. The maximum Gasteiger partial charge on any atom is 0.410 e. The minimum absolute atomic E-state index is 0.297. The van der Waals surface area contributed by atoms with Crippen molar-refractivity contribution in [2.24, 2.45) is 0 Å². The van der Waals surface area contributed by atoms with Crippen molar-refractivity contribution in [2.75, 3.05) is 42.1 Å². The molecule has 24 heavy (non-hydrogen) atoms. The molecule has 1 heterocycles. The fourth-order valence-corrected chi connectivity index (χ4v) is 3.01. The van der Waals surface area contributed by atoms with E-state index in [1.807, 2.05) is 32.9 Å². The summed E-state index contributed by atoms with van der Waals surface area (Å²) in [5.41, 5.74) is 0.955. The van der Waals surface area contributed by atoms with Gasteiger partial charge in [0.1, 0.15) is 5.60 Å². The third-order valence-corrected chi connectivity index (χ3v) is 4.05. The molecule has 1 aromatic carbocycles. The second kappa shape index (κ2) is 6.88. The van der Waals surface area contributed by atoms with Gasteiger partial charge in [-0.15, -0.1) is 0 Å². The monoisotopic (exact) mass is 355 g/mol. The van der Waals surface area contributed by atoms with E-state index in [0.717, 1.165) is 11.9 Å². The number of hydrogen-bond donors (Lipinski definition) is 1. The van der Waals surface area contributed by atoms with Crippen molar-refractivity contribution in [3.63, 3.8) is 0 Å². The van der Waals surface area contributed by atoms with E-state index in [1.165, 1.54) is 0 Å². The van der Waals surface area contributed by atoms with Gasteiger partial charge in [0.15, 0.2) is 0 Å². The molecular formula is C16H25N3O4S. The third-order valence-electron chi connectivity index (χ3n) is 3.45. The maximum absolute atomic E-state index is 12.1. The van der Waals surface area contributed by atoms with Crippen LogP contribution in [0.25, 0.3) is 0 Å². The summed E-state index contributed by atoms with van der Waals surface area (Å²) < 4.78 is 30.5. The molecule has 7 nitrogen and oxygen atoms in total. The van der Waals surface area contributed by atoms with Crippen LogP contribution in [-0.4, -0.2) is 57.4 Å². The van der Waals surface area contributed by atoms with Gasteiger partial charge in [-0.2, -0.15) is 0 Å². The molecule has 1 aliphatic rings. The van der Waals surface area contributed by atoms with E-state index in [2.05, 4.69) is 9.62 Å². The lowest BCUT2D eigenvalue weighted by molar-refractivity contribution is 0.0240. The van der Waals surface area contributed by atoms with Crippen molar-refractivity contribution in [1.82, 2.24) is 4.90 Å². The molecule has 0 bridgehead atoms. The molecule has 0 atom stereocenters. The lowest BCUT2D eigenvalue weighted by Gasteiger charge is -2.36. The van der Waals surface area contributed by atoms with Gasteiger partial charge in [0, 0.05) is 31.9 Å². The van der Waals surface area contributed by atoms with Crippen LogP contribution in [0.4, 0.5) is 16.2 Å². The minimum Gasteiger partial charge on any atom is -0.444 e. The Labute approximate surface area is 143 Å². The number of nitrogens with zero attached hydrogens (tertiary/aromatic N) is 2. The summed E-state index contributed by atoms with van der Waals surface area (Å²) in [5, 5.41) is 0. The molecule has 134 valence electrons. The van der Waals surface area contributed by atoms with Gasteiger partial charge < -0.3 is 14.5 Å². The predicted molar refractivity (Wildman–Crippen MR) is 94.9 cm³/mol. The molecule has 1 N–H and O–H groups in total. The van der Waals surface area contributed by atoms with Crippen molar-refractivity contribution < 1.29 is 17.9 Å². The number of carbonyl (C=O) groups excluding carboxylic acids is 1. The van der Waals surface area contributed by atoms with Gasteiger partial charge in [-0.05, 0) is 39.0 Å². The summed E-state index contributed by atoms with van der Waals surface area (Å²) in [5.74, 6) is 0. The number of sulfonamides is 1. The summed E-state index contributed by atoms with van der Waals surface area (Å²) in [7, 11) is -3.30. The average molecular weight is 355 g/mol. The zero-order chi connectivity index (χ0) is 18.0. The van der Waals surface area contributed by atoms with Gasteiger partial charge in [-0.1, -0.05) is 6.07 Å². The average Bonchev–Trinajstić information content (AvgIpc) is 2.44. The summed E-state index contributed by atoms with van der Waals surface area (Å²) in [6, 6.07) is 7.24. The number of piperazine rings is 1. The maximum atomic E-state index is 12.1. The molecule has 0 unspecified atom stereocenters. The molecule has 1 fully saturated rings. The lowest BCUT2D eigenvalue weighted by Crippen LogP contribution is -2.50. The number of nitrogens with one attached hydrogen (secondary N) is 1. The quantitative estimate of drug-likeness (QED) is 0.898. The largest absolute Gasteiger partial charge is 0.444 e. The Morgan fingerprint density at radius 1 is 1.17 bits per heavy atom. The number of ether oxygens (including phenoxy) is 1. The first-order valence-electron chi connectivity index (χ1n) is 7.84. The molecule has 0 aromatic heterocycles. The zero-order valence-electron chi connectivity index (χ0n) is 14.6. The number of amides is 1. The standard InChI is InChI=1S/C16H25N3O4S/c1-16(2,3)23-15(20)19-10-8-18(9-11-19)14-7-5-6-13(12-14)17-24(4,21)22/h5-7,12,17H,8-11H2,1-4H3. The molecule has 1 aromatic rings. The normalized spacial score (nSPS) is 16.0. The molecule has 1 amide bonds. The molecule has 2 rings (SSSR count). The van der Waals surface area contributed by atoms with Crippen LogP contribution in [0.15, 0.2) is 24.3 Å². The molecule has 1 aliphatic heterocycles. The fourth-order valence-electron chi connectivity index (χ4n) is 2.45. The molecule has 0 saturated carbocycles. The van der Waals surface area contributed by atoms with Crippen LogP contribution in [0.1, 0.15) is 20.8 Å². The highest BCUT2D eigenvalue weighted by atomic mass is 32.2. The number of hydrogen-bond acceptors (Lipinski definition) is 5. The van der Waals surface area contributed by atoms with Crippen molar-refractivity contribution in [3.8, 4) is 0 Å². The van der Waals surface area contributed by atoms with Crippen molar-refractivity contribution in [2.45, 2.75) is 26.4 Å². The van der Waals surface area contributed by atoms with E-state index in [0.29, 0.717) is 31.9 Å².